The van der Waals surface area contributed by atoms with Gasteiger partial charge in [-0.05, 0) is 63.4 Å². The van der Waals surface area contributed by atoms with Crippen molar-refractivity contribution in [1.29, 1.82) is 0 Å². The van der Waals surface area contributed by atoms with Gasteiger partial charge < -0.3 is 9.47 Å². The fraction of sp³-hybridized carbons (Fsp3) is 0.440. The maximum atomic E-state index is 15.4. The lowest BCUT2D eigenvalue weighted by Gasteiger charge is -2.46. The van der Waals surface area contributed by atoms with Gasteiger partial charge in [0.2, 0.25) is 11.4 Å². The van der Waals surface area contributed by atoms with Crippen molar-refractivity contribution >= 4 is 27.9 Å². The zero-order valence-electron chi connectivity index (χ0n) is 21.3. The van der Waals surface area contributed by atoms with E-state index in [1.54, 1.807) is 20.8 Å². The Morgan fingerprint density at radius 2 is 1.97 bits per heavy atom. The summed E-state index contributed by atoms with van der Waals surface area (Å²) in [5.74, 6) is -2.14. The number of ketones is 1. The Morgan fingerprint density at radius 3 is 2.63 bits per heavy atom. The Morgan fingerprint density at radius 1 is 1.24 bits per heavy atom. The molecule has 4 rings (SSSR count). The van der Waals surface area contributed by atoms with Crippen LogP contribution in [0.1, 0.15) is 55.2 Å². The Balaban J connectivity index is 1.77. The van der Waals surface area contributed by atoms with Crippen molar-refractivity contribution in [2.75, 3.05) is 13.7 Å². The standard InChI is InChI=1S/C25H28F2N4O6S/c1-24(2,3)37-23(33)29-22-30-25(10-5-11-36-21(25)38(34,35)31(22)4)17-12-15(6-8-18(17)27)13-20(32)19-9-7-16(26)14-28-19/h6-9,12,14,21H,5,10-11,13H2,1-4H3,(H,29,30,33)/t21?,25-/m1/s1. The number of aliphatic imine (C=N–C) groups is 1. The Hall–Kier alpha value is -3.45. The van der Waals surface area contributed by atoms with Gasteiger partial charge in [-0.15, -0.1) is 0 Å². The highest BCUT2D eigenvalue weighted by atomic mass is 32.2. The number of nitrogens with zero attached hydrogens (tertiary/aromatic N) is 3. The third-order valence-electron chi connectivity index (χ3n) is 6.11. The van der Waals surface area contributed by atoms with Crippen LogP contribution in [0.5, 0.6) is 0 Å². The zero-order valence-corrected chi connectivity index (χ0v) is 22.1. The van der Waals surface area contributed by atoms with E-state index in [0.717, 1.165) is 22.6 Å². The minimum Gasteiger partial charge on any atom is -0.444 e. The van der Waals surface area contributed by atoms with Crippen LogP contribution < -0.4 is 5.32 Å². The van der Waals surface area contributed by atoms with E-state index in [0.29, 0.717) is 12.0 Å². The van der Waals surface area contributed by atoms with Gasteiger partial charge in [0.25, 0.3) is 10.0 Å². The van der Waals surface area contributed by atoms with Crippen molar-refractivity contribution in [2.45, 2.75) is 56.6 Å². The summed E-state index contributed by atoms with van der Waals surface area (Å²) in [5, 5.41) is 2.37. The van der Waals surface area contributed by atoms with Gasteiger partial charge in [-0.3, -0.25) is 15.1 Å². The van der Waals surface area contributed by atoms with Gasteiger partial charge in [0.05, 0.1) is 6.20 Å². The third-order valence-corrected chi connectivity index (χ3v) is 8.11. The van der Waals surface area contributed by atoms with E-state index in [1.807, 2.05) is 0 Å². The lowest BCUT2D eigenvalue weighted by molar-refractivity contribution is 0.000110. The van der Waals surface area contributed by atoms with Crippen LogP contribution in [0.25, 0.3) is 0 Å². The number of pyridine rings is 1. The molecule has 38 heavy (non-hydrogen) atoms. The molecule has 1 amide bonds. The van der Waals surface area contributed by atoms with Gasteiger partial charge >= 0.3 is 6.09 Å². The molecule has 2 aliphatic heterocycles. The second-order valence-electron chi connectivity index (χ2n) is 10.1. The number of Topliss-reactive ketones (excluding diaryl/α,β-unsaturated/α-hetero) is 1. The molecule has 13 heteroatoms. The van der Waals surface area contributed by atoms with Gasteiger partial charge in [-0.2, -0.15) is 0 Å². The number of benzene rings is 1. The first-order chi connectivity index (χ1) is 17.7. The highest BCUT2D eigenvalue weighted by molar-refractivity contribution is 7.90. The molecule has 1 saturated heterocycles. The molecule has 1 N–H and O–H groups in total. The van der Waals surface area contributed by atoms with E-state index in [-0.39, 0.29) is 36.7 Å². The summed E-state index contributed by atoms with van der Waals surface area (Å²) in [7, 11) is -3.07. The Kier molecular flexibility index (Phi) is 7.28. The summed E-state index contributed by atoms with van der Waals surface area (Å²) >= 11 is 0. The molecule has 0 spiro atoms. The highest BCUT2D eigenvalue weighted by Crippen LogP contribution is 2.46. The lowest BCUT2D eigenvalue weighted by atomic mass is 9.83. The van der Waals surface area contributed by atoms with Crippen molar-refractivity contribution in [3.05, 3.63) is 65.0 Å². The van der Waals surface area contributed by atoms with E-state index in [2.05, 4.69) is 15.3 Å². The minimum atomic E-state index is -4.28. The number of carbonyl (C=O) groups is 2. The first kappa shape index (κ1) is 27.6. The molecule has 2 aromatic rings. The second kappa shape index (κ2) is 10.0. The predicted molar refractivity (Wildman–Crippen MR) is 133 cm³/mol. The van der Waals surface area contributed by atoms with Gasteiger partial charge in [-0.1, -0.05) is 6.07 Å². The van der Waals surface area contributed by atoms with Crippen LogP contribution in [0.3, 0.4) is 0 Å². The average molecular weight is 551 g/mol. The monoisotopic (exact) mass is 550 g/mol. The number of hydrogen-bond donors (Lipinski definition) is 1. The summed E-state index contributed by atoms with van der Waals surface area (Å²) in [5.41, 5.74) is -3.89. The number of sulfonamides is 1. The first-order valence-electron chi connectivity index (χ1n) is 11.9. The normalized spacial score (nSPS) is 22.7. The molecule has 1 aromatic carbocycles. The maximum Gasteiger partial charge on any atom is 0.414 e. The van der Waals surface area contributed by atoms with Crippen molar-refractivity contribution in [2.24, 2.45) is 4.99 Å². The van der Waals surface area contributed by atoms with Crippen molar-refractivity contribution < 1.29 is 36.3 Å². The van der Waals surface area contributed by atoms with Crippen LogP contribution >= 0.6 is 0 Å². The van der Waals surface area contributed by atoms with Crippen LogP contribution in [-0.2, 0) is 31.5 Å². The summed E-state index contributed by atoms with van der Waals surface area (Å²) in [4.78, 5) is 33.5. The number of aromatic nitrogens is 1. The largest absolute Gasteiger partial charge is 0.444 e. The SMILES string of the molecule is CN1C(NC(=O)OC(C)(C)C)=N[C@@]2(c3cc(CC(=O)c4ccc(F)cn4)ccc3F)CCCOC2S1(=O)=O. The van der Waals surface area contributed by atoms with E-state index in [1.165, 1.54) is 25.2 Å². The Bertz CT molecular complexity index is 1390. The number of amides is 1. The van der Waals surface area contributed by atoms with Gasteiger partial charge in [0, 0.05) is 25.6 Å². The van der Waals surface area contributed by atoms with Crippen molar-refractivity contribution in [1.82, 2.24) is 14.6 Å². The topological polar surface area (TPSA) is 127 Å². The quantitative estimate of drug-likeness (QED) is 0.579. The molecule has 0 saturated carbocycles. The molecule has 0 aliphatic carbocycles. The third kappa shape index (κ3) is 5.39. The number of guanidine groups is 1. The van der Waals surface area contributed by atoms with Gasteiger partial charge in [0.15, 0.2) is 5.78 Å². The number of ether oxygens (including phenoxy) is 2. The molecule has 204 valence electrons. The number of rotatable bonds is 4. The van der Waals surface area contributed by atoms with Crippen LogP contribution in [0.2, 0.25) is 0 Å². The molecule has 2 atom stereocenters. The molecule has 3 heterocycles. The highest BCUT2D eigenvalue weighted by Gasteiger charge is 2.57. The predicted octanol–water partition coefficient (Wildman–Crippen LogP) is 3.27. The van der Waals surface area contributed by atoms with Crippen molar-refractivity contribution in [3.8, 4) is 0 Å². The second-order valence-corrected chi connectivity index (χ2v) is 12.1. The summed E-state index contributed by atoms with van der Waals surface area (Å²) in [6.45, 7) is 5.05. The van der Waals surface area contributed by atoms with E-state index in [9.17, 15) is 22.4 Å². The summed E-state index contributed by atoms with van der Waals surface area (Å²) in [6.07, 6.45) is 0.241. The molecule has 1 unspecified atom stereocenters. The molecular weight excluding hydrogens is 522 g/mol. The number of halogens is 2. The number of alkyl carbamates (subject to hydrolysis) is 1. The molecule has 1 aromatic heterocycles. The molecule has 1 fully saturated rings. The minimum absolute atomic E-state index is 0.0260. The number of carbonyl (C=O) groups excluding carboxylic acids is 2. The molecule has 0 radical (unpaired) electrons. The zero-order chi connectivity index (χ0) is 27.9. The van der Waals surface area contributed by atoms with E-state index >= 15 is 4.39 Å². The van der Waals surface area contributed by atoms with Crippen LogP contribution in [0.4, 0.5) is 13.6 Å². The first-order valence-corrected chi connectivity index (χ1v) is 13.4. The van der Waals surface area contributed by atoms with E-state index in [4.69, 9.17) is 9.47 Å². The maximum absolute atomic E-state index is 15.4. The van der Waals surface area contributed by atoms with Gasteiger partial charge in [0.1, 0.15) is 28.5 Å². The molecule has 2 aliphatic rings. The van der Waals surface area contributed by atoms with Crippen molar-refractivity contribution in [3.63, 3.8) is 0 Å². The Labute approximate surface area is 219 Å². The smallest absolute Gasteiger partial charge is 0.414 e. The van der Waals surface area contributed by atoms with E-state index < -0.39 is 50.1 Å². The summed E-state index contributed by atoms with van der Waals surface area (Å²) < 4.78 is 67.3. The number of nitrogens with one attached hydrogen (secondary N) is 1. The molecular formula is C25H28F2N4O6S. The van der Waals surface area contributed by atoms with Gasteiger partial charge in [-0.25, -0.2) is 31.3 Å². The number of fused-ring (bicyclic) bond motifs is 1. The summed E-state index contributed by atoms with van der Waals surface area (Å²) in [6, 6.07) is 6.24. The molecule has 10 nitrogen and oxygen atoms in total. The van der Waals surface area contributed by atoms with Crippen LogP contribution in [0.15, 0.2) is 41.5 Å². The fourth-order valence-corrected chi connectivity index (χ4v) is 6.08. The number of hydrogen-bond acceptors (Lipinski definition) is 8. The fourth-order valence-electron chi connectivity index (χ4n) is 4.41. The average Bonchev–Trinajstić information content (AvgIpc) is 2.83. The lowest BCUT2D eigenvalue weighted by Crippen LogP contribution is -2.61. The van der Waals surface area contributed by atoms with Crippen LogP contribution in [-0.4, -0.2) is 60.2 Å². The molecule has 0 bridgehead atoms. The van der Waals surface area contributed by atoms with Crippen LogP contribution in [0, 0.1) is 11.6 Å².